The van der Waals surface area contributed by atoms with E-state index in [2.05, 4.69) is 18.7 Å². The Morgan fingerprint density at radius 2 is 1.89 bits per heavy atom. The highest BCUT2D eigenvalue weighted by Gasteiger charge is 2.47. The maximum atomic E-state index is 10.6. The minimum Gasteiger partial charge on any atom is -0.481 e. The molecular formula is C16H29NO2. The van der Waals surface area contributed by atoms with E-state index in [1.165, 1.54) is 45.3 Å². The predicted molar refractivity (Wildman–Crippen MR) is 77.2 cm³/mol. The third-order valence-corrected chi connectivity index (χ3v) is 5.54. The molecule has 1 N–H and O–H groups in total. The number of carboxylic acid groups (broad SMARTS) is 1. The number of piperidine rings is 1. The van der Waals surface area contributed by atoms with Gasteiger partial charge in [-0.2, -0.15) is 0 Å². The number of carboxylic acids is 1. The molecular weight excluding hydrogens is 238 g/mol. The molecule has 1 heterocycles. The summed E-state index contributed by atoms with van der Waals surface area (Å²) in [5.41, 5.74) is 0.413. The first-order chi connectivity index (χ1) is 9.00. The molecule has 1 saturated heterocycles. The molecule has 0 bridgehead atoms. The molecule has 0 aromatic carbocycles. The molecule has 0 aromatic heterocycles. The molecule has 3 nitrogen and oxygen atoms in total. The highest BCUT2D eigenvalue weighted by Crippen LogP contribution is 2.53. The quantitative estimate of drug-likeness (QED) is 0.802. The second-order valence-electron chi connectivity index (χ2n) is 7.10. The van der Waals surface area contributed by atoms with Crippen LogP contribution in [0.25, 0.3) is 0 Å². The van der Waals surface area contributed by atoms with Gasteiger partial charge in [0.25, 0.3) is 0 Å². The Morgan fingerprint density at radius 3 is 2.47 bits per heavy atom. The summed E-state index contributed by atoms with van der Waals surface area (Å²) in [4.78, 5) is 13.2. The van der Waals surface area contributed by atoms with Crippen molar-refractivity contribution in [2.24, 2.45) is 17.3 Å². The second-order valence-corrected chi connectivity index (χ2v) is 7.10. The third kappa shape index (κ3) is 3.71. The highest BCUT2D eigenvalue weighted by molar-refractivity contribution is 5.66. The van der Waals surface area contributed by atoms with Crippen LogP contribution < -0.4 is 0 Å². The van der Waals surface area contributed by atoms with Crippen molar-refractivity contribution in [2.45, 2.75) is 58.8 Å². The molecule has 1 aliphatic heterocycles. The van der Waals surface area contributed by atoms with Crippen molar-refractivity contribution in [1.82, 2.24) is 4.90 Å². The van der Waals surface area contributed by atoms with E-state index in [0.717, 1.165) is 24.7 Å². The van der Waals surface area contributed by atoms with Gasteiger partial charge in [0, 0.05) is 13.0 Å². The fourth-order valence-electron chi connectivity index (χ4n) is 3.88. The Bertz CT molecular complexity index is 308. The van der Waals surface area contributed by atoms with Gasteiger partial charge in [-0.1, -0.05) is 20.3 Å². The lowest BCUT2D eigenvalue weighted by molar-refractivity contribution is -0.137. The van der Waals surface area contributed by atoms with Gasteiger partial charge in [-0.25, -0.2) is 0 Å². The van der Waals surface area contributed by atoms with Crippen LogP contribution in [-0.4, -0.2) is 35.6 Å². The monoisotopic (exact) mass is 267 g/mol. The number of likely N-dealkylation sites (tertiary alicyclic amines) is 1. The summed E-state index contributed by atoms with van der Waals surface area (Å²) in [6.45, 7) is 8.61. The zero-order chi connectivity index (χ0) is 13.9. The van der Waals surface area contributed by atoms with E-state index in [9.17, 15) is 4.79 Å². The molecule has 2 fully saturated rings. The lowest BCUT2D eigenvalue weighted by Gasteiger charge is -2.54. The molecule has 0 amide bonds. The predicted octanol–water partition coefficient (Wildman–Crippen LogP) is 3.39. The van der Waals surface area contributed by atoms with Crippen molar-refractivity contribution in [3.8, 4) is 0 Å². The number of aliphatic carboxylic acids is 1. The van der Waals surface area contributed by atoms with Gasteiger partial charge in [0.2, 0.25) is 0 Å². The van der Waals surface area contributed by atoms with Crippen LogP contribution in [0, 0.1) is 17.3 Å². The Balaban J connectivity index is 1.72. The largest absolute Gasteiger partial charge is 0.481 e. The lowest BCUT2D eigenvalue weighted by atomic mass is 9.53. The summed E-state index contributed by atoms with van der Waals surface area (Å²) >= 11 is 0. The van der Waals surface area contributed by atoms with E-state index in [4.69, 9.17) is 5.11 Å². The molecule has 110 valence electrons. The molecule has 2 atom stereocenters. The van der Waals surface area contributed by atoms with Gasteiger partial charge in [-0.05, 0) is 62.4 Å². The molecule has 0 aromatic rings. The fourth-order valence-corrected chi connectivity index (χ4v) is 3.88. The van der Waals surface area contributed by atoms with E-state index >= 15 is 0 Å². The van der Waals surface area contributed by atoms with Gasteiger partial charge < -0.3 is 10.0 Å². The average molecular weight is 267 g/mol. The molecule has 19 heavy (non-hydrogen) atoms. The minimum absolute atomic E-state index is 0.337. The average Bonchev–Trinajstić information content (AvgIpc) is 2.37. The van der Waals surface area contributed by atoms with Gasteiger partial charge in [-0.15, -0.1) is 0 Å². The number of rotatable bonds is 6. The van der Waals surface area contributed by atoms with Crippen LogP contribution >= 0.6 is 0 Å². The summed E-state index contributed by atoms with van der Waals surface area (Å²) in [6, 6.07) is 0. The molecule has 0 unspecified atom stereocenters. The topological polar surface area (TPSA) is 40.5 Å². The molecule has 0 spiro atoms. The van der Waals surface area contributed by atoms with Crippen LogP contribution in [0.2, 0.25) is 0 Å². The minimum atomic E-state index is -0.651. The summed E-state index contributed by atoms with van der Waals surface area (Å²) in [5.74, 6) is 0.907. The van der Waals surface area contributed by atoms with Crippen LogP contribution in [0.4, 0.5) is 0 Å². The Hall–Kier alpha value is -0.570. The van der Waals surface area contributed by atoms with Crippen molar-refractivity contribution in [3.63, 3.8) is 0 Å². The molecule has 0 radical (unpaired) electrons. The Morgan fingerprint density at radius 1 is 1.21 bits per heavy atom. The van der Waals surface area contributed by atoms with E-state index < -0.39 is 5.97 Å². The third-order valence-electron chi connectivity index (χ3n) is 5.54. The van der Waals surface area contributed by atoms with Crippen molar-refractivity contribution in [1.29, 1.82) is 0 Å². The first-order valence-corrected chi connectivity index (χ1v) is 7.94. The Labute approximate surface area is 117 Å². The maximum Gasteiger partial charge on any atom is 0.303 e. The summed E-state index contributed by atoms with van der Waals surface area (Å²) in [7, 11) is 0. The van der Waals surface area contributed by atoms with Crippen LogP contribution in [0.5, 0.6) is 0 Å². The van der Waals surface area contributed by atoms with Crippen LogP contribution in [0.1, 0.15) is 58.8 Å². The van der Waals surface area contributed by atoms with E-state index in [1.807, 2.05) is 0 Å². The first-order valence-electron chi connectivity index (χ1n) is 7.94. The van der Waals surface area contributed by atoms with Gasteiger partial charge in [0.15, 0.2) is 0 Å². The van der Waals surface area contributed by atoms with E-state index in [1.54, 1.807) is 0 Å². The maximum absolute atomic E-state index is 10.6. The van der Waals surface area contributed by atoms with Crippen molar-refractivity contribution in [3.05, 3.63) is 0 Å². The summed E-state index contributed by atoms with van der Waals surface area (Å²) in [5, 5.41) is 8.71. The lowest BCUT2D eigenvalue weighted by Crippen LogP contribution is -2.50. The van der Waals surface area contributed by atoms with Crippen LogP contribution in [0.3, 0.4) is 0 Å². The van der Waals surface area contributed by atoms with E-state index in [-0.39, 0.29) is 0 Å². The fraction of sp³-hybridized carbons (Fsp3) is 0.938. The molecule has 3 heteroatoms. The number of hydrogen-bond acceptors (Lipinski definition) is 2. The number of nitrogens with zero attached hydrogens (tertiary/aromatic N) is 1. The highest BCUT2D eigenvalue weighted by atomic mass is 16.4. The van der Waals surface area contributed by atoms with Crippen LogP contribution in [-0.2, 0) is 4.79 Å². The zero-order valence-electron chi connectivity index (χ0n) is 12.5. The van der Waals surface area contributed by atoms with E-state index in [0.29, 0.717) is 11.8 Å². The van der Waals surface area contributed by atoms with Crippen molar-refractivity contribution >= 4 is 5.97 Å². The molecule has 2 aliphatic rings. The second kappa shape index (κ2) is 6.25. The van der Waals surface area contributed by atoms with Crippen LogP contribution in [0.15, 0.2) is 0 Å². The van der Waals surface area contributed by atoms with Crippen molar-refractivity contribution in [2.75, 3.05) is 19.6 Å². The smallest absolute Gasteiger partial charge is 0.303 e. The normalized spacial score (nSPS) is 30.8. The number of carbonyl (C=O) groups is 1. The number of hydrogen-bond donors (Lipinski definition) is 1. The zero-order valence-corrected chi connectivity index (χ0v) is 12.5. The summed E-state index contributed by atoms with van der Waals surface area (Å²) < 4.78 is 0. The van der Waals surface area contributed by atoms with Crippen molar-refractivity contribution < 1.29 is 9.90 Å². The van der Waals surface area contributed by atoms with Gasteiger partial charge >= 0.3 is 5.97 Å². The van der Waals surface area contributed by atoms with Gasteiger partial charge in [0.05, 0.1) is 0 Å². The standard InChI is InChI=1S/C16H29NO2/c1-16(2)13(7-6-8-15(18)19)11-14(16)12-17-9-4-3-5-10-17/h13-14H,3-12H2,1-2H3,(H,18,19)/t13-,14+/m1/s1. The first kappa shape index (κ1) is 14.8. The SMILES string of the molecule is CC1(C)[C@H](CCCC(=O)O)C[C@H]1CN1CCCCC1. The molecule has 1 saturated carbocycles. The Kier molecular flexibility index (Phi) is 4.88. The molecule has 1 aliphatic carbocycles. The van der Waals surface area contributed by atoms with Gasteiger partial charge in [0.1, 0.15) is 0 Å². The van der Waals surface area contributed by atoms with Gasteiger partial charge in [-0.3, -0.25) is 4.79 Å². The molecule has 2 rings (SSSR count). The summed E-state index contributed by atoms with van der Waals surface area (Å²) in [6.07, 6.45) is 7.73.